The third kappa shape index (κ3) is 4.93. The minimum absolute atomic E-state index is 0. The van der Waals surface area contributed by atoms with Gasteiger partial charge in [0.15, 0.2) is 5.65 Å². The van der Waals surface area contributed by atoms with Gasteiger partial charge < -0.3 is 4.90 Å². The molecule has 2 amide bonds. The van der Waals surface area contributed by atoms with Crippen LogP contribution in [-0.4, -0.2) is 55.0 Å². The molecule has 0 saturated carbocycles. The molecule has 2 aliphatic heterocycles. The van der Waals surface area contributed by atoms with Crippen LogP contribution >= 0.6 is 11.8 Å². The Balaban J connectivity index is 0.00000320. The number of nitrogens with one attached hydrogen (secondary N) is 1. The summed E-state index contributed by atoms with van der Waals surface area (Å²) in [6.07, 6.45) is 4.11. The lowest BCUT2D eigenvalue weighted by atomic mass is 9.92. The minimum atomic E-state index is -0.384. The van der Waals surface area contributed by atoms with E-state index < -0.39 is 0 Å². The number of anilines is 1. The van der Waals surface area contributed by atoms with Crippen LogP contribution in [0, 0.1) is 5.41 Å². The fourth-order valence-electron chi connectivity index (χ4n) is 5.27. The maximum absolute atomic E-state index is 13.5. The van der Waals surface area contributed by atoms with Crippen molar-refractivity contribution in [3.05, 3.63) is 59.1 Å². The molecule has 2 fully saturated rings. The van der Waals surface area contributed by atoms with E-state index in [4.69, 9.17) is 0 Å². The molecule has 5 rings (SSSR count). The van der Waals surface area contributed by atoms with E-state index in [1.165, 1.54) is 0 Å². The number of carbonyl (C=O) groups excluding carboxylic acids is 2. The number of hydrogen-bond acceptors (Lipinski definition) is 5. The van der Waals surface area contributed by atoms with Crippen molar-refractivity contribution in [3.8, 4) is 0 Å². The first-order valence-corrected chi connectivity index (χ1v) is 13.5. The highest BCUT2D eigenvalue weighted by molar-refractivity contribution is 8.02. The van der Waals surface area contributed by atoms with Gasteiger partial charge in [-0.3, -0.25) is 24.0 Å². The number of rotatable bonds is 5. The number of thioether (sulfide) groups is 1. The van der Waals surface area contributed by atoms with Crippen molar-refractivity contribution in [2.24, 2.45) is 5.41 Å². The number of hydrogen-bond donors (Lipinski definition) is 1. The molecule has 1 N–H and O–H groups in total. The number of H-pyrrole nitrogens is 1. The monoisotopic (exact) mass is 509 g/mol. The van der Waals surface area contributed by atoms with Gasteiger partial charge in [-0.15, -0.1) is 11.8 Å². The number of amides is 2. The first kappa shape index (κ1) is 24.6. The molecule has 0 spiro atoms. The van der Waals surface area contributed by atoms with Crippen molar-refractivity contribution in [1.82, 2.24) is 19.4 Å². The molecule has 1 aromatic carbocycles. The molecular weight excluding hydrogens is 474 g/mol. The largest absolute Gasteiger partial charge is 0.342 e. The predicted molar refractivity (Wildman–Crippen MR) is 145 cm³/mol. The second-order valence-electron chi connectivity index (χ2n) is 10.9. The second kappa shape index (κ2) is 9.76. The molecule has 2 atom stereocenters. The molecule has 0 radical (unpaired) electrons. The number of likely N-dealkylation sites (tertiary alicyclic amines) is 1. The maximum Gasteiger partial charge on any atom is 0.327 e. The number of benzene rings is 1. The maximum atomic E-state index is 13.5. The number of carbonyl (C=O) groups is 2. The summed E-state index contributed by atoms with van der Waals surface area (Å²) in [5.74, 6) is 0.0261. The number of fused-ring (bicyclic) bond motifs is 1. The van der Waals surface area contributed by atoms with Crippen molar-refractivity contribution < 1.29 is 11.0 Å². The summed E-state index contributed by atoms with van der Waals surface area (Å²) in [4.78, 5) is 50.1. The van der Waals surface area contributed by atoms with Gasteiger partial charge in [-0.2, -0.15) is 0 Å². The topological polar surface area (TPSA) is 91.3 Å². The van der Waals surface area contributed by atoms with Crippen LogP contribution in [0.5, 0.6) is 0 Å². The van der Waals surface area contributed by atoms with E-state index >= 15 is 0 Å². The fourth-order valence-corrected chi connectivity index (χ4v) is 7.06. The predicted octanol–water partition coefficient (Wildman–Crippen LogP) is 4.44. The highest BCUT2D eigenvalue weighted by atomic mass is 32.2. The van der Waals surface area contributed by atoms with Gasteiger partial charge in [-0.25, -0.2) is 9.78 Å². The Hall–Kier alpha value is -3.07. The fraction of sp³-hybridized carbons (Fsp3) is 0.481. The molecule has 2 aliphatic rings. The average Bonchev–Trinajstić information content (AvgIpc) is 3.33. The zero-order valence-electron chi connectivity index (χ0n) is 21.0. The van der Waals surface area contributed by atoms with E-state index in [0.29, 0.717) is 31.6 Å². The van der Waals surface area contributed by atoms with E-state index in [-0.39, 0.29) is 47.4 Å². The smallest absolute Gasteiger partial charge is 0.327 e. The Morgan fingerprint density at radius 3 is 2.53 bits per heavy atom. The lowest BCUT2D eigenvalue weighted by molar-refractivity contribution is -0.133. The van der Waals surface area contributed by atoms with Crippen molar-refractivity contribution >= 4 is 40.4 Å². The summed E-state index contributed by atoms with van der Waals surface area (Å²) in [6.45, 7) is 7.68. The molecule has 36 heavy (non-hydrogen) atoms. The Bertz CT molecular complexity index is 1310. The SMILES string of the molecule is CC(C)(C)CC1SC(CC(=O)N2CCC(n3c(=O)[nH]c4ncccc43)CC2)C(=O)N1c1ccccc1.[HH]. The average molecular weight is 510 g/mol. The summed E-state index contributed by atoms with van der Waals surface area (Å²) in [7, 11) is 0. The van der Waals surface area contributed by atoms with Crippen molar-refractivity contribution in [3.63, 3.8) is 0 Å². The number of piperidine rings is 1. The van der Waals surface area contributed by atoms with Crippen LogP contribution in [0.3, 0.4) is 0 Å². The second-order valence-corrected chi connectivity index (χ2v) is 12.3. The van der Waals surface area contributed by atoms with E-state index in [1.54, 1.807) is 22.5 Å². The van der Waals surface area contributed by atoms with Crippen LogP contribution in [0.15, 0.2) is 53.5 Å². The van der Waals surface area contributed by atoms with E-state index in [9.17, 15) is 14.4 Å². The van der Waals surface area contributed by atoms with Gasteiger partial charge in [-0.05, 0) is 48.9 Å². The molecule has 9 heteroatoms. The molecular formula is C27H35N5O3S. The van der Waals surface area contributed by atoms with Crippen LogP contribution in [0.1, 0.15) is 53.9 Å². The lowest BCUT2D eigenvalue weighted by Crippen LogP contribution is -2.42. The standard InChI is InChI=1S/C27H33N5O3S.H2/c1-27(2,3)17-23-32(18-8-5-4-6-9-18)25(34)21(36-23)16-22(33)30-14-11-19(12-15-30)31-20-10-7-13-28-24(20)29-26(31)35;/h4-10,13,19,21,23H,11-12,14-17H2,1-3H3,(H,28,29,35);1H. The third-order valence-corrected chi connectivity index (χ3v) is 8.36. The van der Waals surface area contributed by atoms with Gasteiger partial charge in [0.1, 0.15) is 0 Å². The molecule has 8 nitrogen and oxygen atoms in total. The van der Waals surface area contributed by atoms with Gasteiger partial charge in [0, 0.05) is 38.9 Å². The van der Waals surface area contributed by atoms with Gasteiger partial charge in [0.2, 0.25) is 11.8 Å². The summed E-state index contributed by atoms with van der Waals surface area (Å²) >= 11 is 1.62. The number of para-hydroxylation sites is 1. The van der Waals surface area contributed by atoms with E-state index in [2.05, 4.69) is 30.7 Å². The Labute approximate surface area is 216 Å². The molecule has 3 aromatic rings. The molecule has 2 aromatic heterocycles. The first-order valence-electron chi connectivity index (χ1n) is 12.6. The Kier molecular flexibility index (Phi) is 6.68. The highest BCUT2D eigenvalue weighted by Gasteiger charge is 2.44. The number of pyridine rings is 1. The molecule has 0 aliphatic carbocycles. The van der Waals surface area contributed by atoms with E-state index in [0.717, 1.165) is 17.6 Å². The summed E-state index contributed by atoms with van der Waals surface area (Å²) < 4.78 is 1.77. The normalized spacial score (nSPS) is 21.5. The summed E-state index contributed by atoms with van der Waals surface area (Å²) in [6, 6.07) is 13.5. The minimum Gasteiger partial charge on any atom is -0.342 e. The quantitative estimate of drug-likeness (QED) is 0.549. The zero-order chi connectivity index (χ0) is 25.4. The van der Waals surface area contributed by atoms with Crippen molar-refractivity contribution in [1.29, 1.82) is 0 Å². The number of aromatic nitrogens is 3. The van der Waals surface area contributed by atoms with Gasteiger partial charge in [-0.1, -0.05) is 39.0 Å². The van der Waals surface area contributed by atoms with Crippen LogP contribution < -0.4 is 10.6 Å². The van der Waals surface area contributed by atoms with Gasteiger partial charge >= 0.3 is 5.69 Å². The molecule has 192 valence electrons. The number of imidazole rings is 1. The number of nitrogens with zero attached hydrogens (tertiary/aromatic N) is 4. The van der Waals surface area contributed by atoms with Crippen LogP contribution in [0.2, 0.25) is 0 Å². The third-order valence-electron chi connectivity index (χ3n) is 6.98. The lowest BCUT2D eigenvalue weighted by Gasteiger charge is -2.33. The van der Waals surface area contributed by atoms with Crippen LogP contribution in [0.25, 0.3) is 11.2 Å². The highest BCUT2D eigenvalue weighted by Crippen LogP contribution is 2.42. The number of aromatic amines is 1. The van der Waals surface area contributed by atoms with Crippen molar-refractivity contribution in [2.45, 2.75) is 63.1 Å². The van der Waals surface area contributed by atoms with Crippen molar-refractivity contribution in [2.75, 3.05) is 18.0 Å². The zero-order valence-corrected chi connectivity index (χ0v) is 21.8. The Morgan fingerprint density at radius 2 is 1.83 bits per heavy atom. The van der Waals surface area contributed by atoms with Gasteiger partial charge in [0.25, 0.3) is 0 Å². The van der Waals surface area contributed by atoms with Crippen LogP contribution in [-0.2, 0) is 9.59 Å². The van der Waals surface area contributed by atoms with Crippen LogP contribution in [0.4, 0.5) is 5.69 Å². The Morgan fingerprint density at radius 1 is 1.11 bits per heavy atom. The van der Waals surface area contributed by atoms with Gasteiger partial charge in [0.05, 0.1) is 16.1 Å². The first-order chi connectivity index (χ1) is 17.2. The molecule has 2 unspecified atom stereocenters. The molecule has 2 saturated heterocycles. The molecule has 0 bridgehead atoms. The van der Waals surface area contributed by atoms with E-state index in [1.807, 2.05) is 52.3 Å². The molecule has 4 heterocycles. The summed E-state index contributed by atoms with van der Waals surface area (Å²) in [5, 5.41) is -0.379. The summed E-state index contributed by atoms with van der Waals surface area (Å²) in [5.41, 5.74) is 2.17.